The van der Waals surface area contributed by atoms with Gasteiger partial charge < -0.3 is 48.2 Å². The molecule has 3 aliphatic rings. The van der Waals surface area contributed by atoms with Gasteiger partial charge in [0.15, 0.2) is 6.10 Å². The zero-order chi connectivity index (χ0) is 40.6. The summed E-state index contributed by atoms with van der Waals surface area (Å²) >= 11 is 0. The zero-order valence-corrected chi connectivity index (χ0v) is 31.9. The molecular weight excluding hydrogens is 712 g/mol. The largest absolute Gasteiger partial charge is 0.472 e. The second kappa shape index (κ2) is 15.8. The summed E-state index contributed by atoms with van der Waals surface area (Å²) in [6.07, 6.45) is -6.16. The maximum atomic E-state index is 13.9. The summed E-state index contributed by atoms with van der Waals surface area (Å²) < 4.78 is 39.9. The first kappa shape index (κ1) is 42.5. The van der Waals surface area contributed by atoms with Crippen LogP contribution in [0.4, 0.5) is 0 Å². The summed E-state index contributed by atoms with van der Waals surface area (Å²) in [4.78, 5) is 78.8. The summed E-state index contributed by atoms with van der Waals surface area (Å²) in [5, 5.41) is 35.4. The van der Waals surface area contributed by atoms with Crippen LogP contribution in [0.5, 0.6) is 0 Å². The summed E-state index contributed by atoms with van der Waals surface area (Å²) in [6.45, 7) is 13.6. The monoisotopic (exact) mass is 764 g/mol. The molecule has 0 bridgehead atoms. The summed E-state index contributed by atoms with van der Waals surface area (Å²) in [5.74, 6) is -8.88. The van der Waals surface area contributed by atoms with Crippen molar-refractivity contribution in [2.45, 2.75) is 122 Å². The molecule has 13 atom stereocenters. The highest BCUT2D eigenvalue weighted by atomic mass is 16.6. The Bertz CT molecular complexity index is 1610. The standard InChI is InChI=1S/C38H52O16/c1-10-19(2)31(45)34(46)53-33-32(50-18-40)30(20(3)38(47)27(52-22(5)42)13-24(37(33,38)8)23-11-12-49-16-23)36(7)25(14-28(43)48-9)35(6,17-39)54-29(44)15-26(36)51-21(4)41/h11-12,16,18-19,24-27,30-33,39,45,47H,3,10,13-15,17H2,1-2,4-9H3. The third kappa shape index (κ3) is 6.92. The van der Waals surface area contributed by atoms with Crippen LogP contribution in [-0.2, 0) is 57.2 Å². The van der Waals surface area contributed by atoms with Gasteiger partial charge in [0.05, 0.1) is 44.5 Å². The number of rotatable bonds is 13. The van der Waals surface area contributed by atoms with Gasteiger partial charge in [-0.2, -0.15) is 0 Å². The van der Waals surface area contributed by atoms with E-state index in [-0.39, 0.29) is 18.5 Å². The van der Waals surface area contributed by atoms with E-state index in [0.29, 0.717) is 12.0 Å². The van der Waals surface area contributed by atoms with Crippen LogP contribution in [0.15, 0.2) is 35.2 Å². The fraction of sp³-hybridized carbons (Fsp3) is 0.684. The van der Waals surface area contributed by atoms with Crippen LogP contribution >= 0.6 is 0 Å². The summed E-state index contributed by atoms with van der Waals surface area (Å²) in [6, 6.07) is 1.61. The molecule has 2 saturated carbocycles. The molecule has 0 radical (unpaired) electrons. The number of hydrogen-bond donors (Lipinski definition) is 3. The molecule has 2 aliphatic carbocycles. The van der Waals surface area contributed by atoms with E-state index in [1.54, 1.807) is 26.8 Å². The lowest BCUT2D eigenvalue weighted by Crippen LogP contribution is -2.72. The highest BCUT2D eigenvalue weighted by Gasteiger charge is 2.78. The summed E-state index contributed by atoms with van der Waals surface area (Å²) in [7, 11) is 1.12. The molecule has 4 rings (SSSR count). The number of ether oxygens (including phenoxy) is 6. The molecule has 54 heavy (non-hydrogen) atoms. The Morgan fingerprint density at radius 1 is 1.09 bits per heavy atom. The molecular formula is C38H52O16. The van der Waals surface area contributed by atoms with Gasteiger partial charge >= 0.3 is 29.8 Å². The molecule has 1 aromatic heterocycles. The van der Waals surface area contributed by atoms with E-state index in [4.69, 9.17) is 32.8 Å². The van der Waals surface area contributed by atoms with E-state index < -0.39 is 126 Å². The van der Waals surface area contributed by atoms with Crippen LogP contribution in [0.2, 0.25) is 0 Å². The number of furan rings is 1. The first-order chi connectivity index (χ1) is 25.2. The van der Waals surface area contributed by atoms with Gasteiger partial charge in [0.2, 0.25) is 0 Å². The van der Waals surface area contributed by atoms with Gasteiger partial charge in [0.25, 0.3) is 6.47 Å². The number of hydrogen-bond acceptors (Lipinski definition) is 16. The lowest BCUT2D eigenvalue weighted by atomic mass is 9.46. The third-order valence-corrected chi connectivity index (χ3v) is 12.4. The fourth-order valence-corrected chi connectivity index (χ4v) is 9.47. The molecule has 2 heterocycles. The lowest BCUT2D eigenvalue weighted by molar-refractivity contribution is -0.251. The number of cyclic esters (lactones) is 1. The van der Waals surface area contributed by atoms with Crippen LogP contribution in [0.3, 0.4) is 0 Å². The predicted molar refractivity (Wildman–Crippen MR) is 184 cm³/mol. The number of aliphatic hydroxyl groups excluding tert-OH is 2. The first-order valence-electron chi connectivity index (χ1n) is 17.9. The molecule has 16 nitrogen and oxygen atoms in total. The van der Waals surface area contributed by atoms with Crippen LogP contribution < -0.4 is 0 Å². The number of methoxy groups -OCH3 is 1. The van der Waals surface area contributed by atoms with Crippen molar-refractivity contribution in [3.8, 4) is 0 Å². The van der Waals surface area contributed by atoms with Crippen LogP contribution in [0, 0.1) is 28.6 Å². The molecule has 300 valence electrons. The highest BCUT2D eigenvalue weighted by Crippen LogP contribution is 2.69. The highest BCUT2D eigenvalue weighted by molar-refractivity contribution is 5.76. The minimum atomic E-state index is -2.38. The van der Waals surface area contributed by atoms with Crippen molar-refractivity contribution in [2.24, 2.45) is 28.6 Å². The van der Waals surface area contributed by atoms with E-state index in [1.807, 2.05) is 0 Å². The van der Waals surface area contributed by atoms with Crippen LogP contribution in [-0.4, -0.2) is 107 Å². The maximum Gasteiger partial charge on any atom is 0.335 e. The van der Waals surface area contributed by atoms with Gasteiger partial charge in [-0.05, 0) is 36.5 Å². The Labute approximate surface area is 313 Å². The number of carbonyl (C=O) groups is 6. The Morgan fingerprint density at radius 3 is 2.24 bits per heavy atom. The second-order valence-electron chi connectivity index (χ2n) is 15.3. The van der Waals surface area contributed by atoms with Crippen molar-refractivity contribution in [3.63, 3.8) is 0 Å². The quantitative estimate of drug-likeness (QED) is 0.113. The SMILES string of the molecule is C=C1C(C2(C)C(OC(C)=O)CC(=O)OC(C)(CO)C2CC(=O)OC)C(OC=O)C(OC(=O)C(O)C(C)CC)C2(C)C(c3ccoc3)CC(OC(C)=O)C12O. The van der Waals surface area contributed by atoms with Gasteiger partial charge in [0, 0.05) is 37.0 Å². The minimum absolute atomic E-state index is 0.0824. The molecule has 1 aliphatic heterocycles. The van der Waals surface area contributed by atoms with E-state index >= 15 is 0 Å². The maximum absolute atomic E-state index is 13.9. The van der Waals surface area contributed by atoms with Gasteiger partial charge in [-0.15, -0.1) is 0 Å². The second-order valence-corrected chi connectivity index (χ2v) is 15.3. The van der Waals surface area contributed by atoms with E-state index in [9.17, 15) is 44.1 Å². The fourth-order valence-electron chi connectivity index (χ4n) is 9.47. The van der Waals surface area contributed by atoms with Crippen molar-refractivity contribution < 1.29 is 76.9 Å². The average molecular weight is 765 g/mol. The third-order valence-electron chi connectivity index (χ3n) is 12.4. The molecule has 1 aromatic rings. The van der Waals surface area contributed by atoms with Gasteiger partial charge in [-0.1, -0.05) is 40.7 Å². The molecule has 1 saturated heterocycles. The average Bonchev–Trinajstić information content (AvgIpc) is 3.71. The number of carbonyl (C=O) groups excluding carboxylic acids is 6. The van der Waals surface area contributed by atoms with Crippen LogP contribution in [0.25, 0.3) is 0 Å². The van der Waals surface area contributed by atoms with Gasteiger partial charge in [-0.3, -0.25) is 24.0 Å². The topological polar surface area (TPSA) is 232 Å². The molecule has 3 fully saturated rings. The van der Waals surface area contributed by atoms with E-state index in [1.165, 1.54) is 26.4 Å². The molecule has 3 N–H and O–H groups in total. The number of aliphatic hydroxyl groups is 3. The molecule has 0 aromatic carbocycles. The van der Waals surface area contributed by atoms with Gasteiger partial charge in [0.1, 0.15) is 35.6 Å². The van der Waals surface area contributed by atoms with Gasteiger partial charge in [-0.25, -0.2) is 4.79 Å². The molecule has 13 unspecified atom stereocenters. The van der Waals surface area contributed by atoms with Crippen molar-refractivity contribution in [2.75, 3.05) is 13.7 Å². The Morgan fingerprint density at radius 2 is 1.72 bits per heavy atom. The number of esters is 5. The van der Waals surface area contributed by atoms with E-state index in [0.717, 1.165) is 21.0 Å². The minimum Gasteiger partial charge on any atom is -0.472 e. The van der Waals surface area contributed by atoms with Crippen molar-refractivity contribution in [1.29, 1.82) is 0 Å². The van der Waals surface area contributed by atoms with Crippen molar-refractivity contribution in [1.82, 2.24) is 0 Å². The molecule has 0 amide bonds. The van der Waals surface area contributed by atoms with Crippen molar-refractivity contribution >= 4 is 36.3 Å². The van der Waals surface area contributed by atoms with Crippen LogP contribution in [0.1, 0.15) is 85.6 Å². The molecule has 0 spiro atoms. The van der Waals surface area contributed by atoms with E-state index in [2.05, 4.69) is 6.58 Å². The summed E-state index contributed by atoms with van der Waals surface area (Å²) in [5.41, 5.74) is -7.64. The molecule has 16 heteroatoms. The smallest absolute Gasteiger partial charge is 0.335 e. The normalized spacial score (nSPS) is 37.4. The predicted octanol–water partition coefficient (Wildman–Crippen LogP) is 2.30. The van der Waals surface area contributed by atoms with Crippen molar-refractivity contribution in [3.05, 3.63) is 36.3 Å². The number of fused-ring (bicyclic) bond motifs is 1. The first-order valence-corrected chi connectivity index (χ1v) is 17.9. The lowest BCUT2D eigenvalue weighted by Gasteiger charge is -2.62. The zero-order valence-electron chi connectivity index (χ0n) is 31.9. The Balaban J connectivity index is 2.16. The Hall–Kier alpha value is -4.28. The Kier molecular flexibility index (Phi) is 12.4.